The highest BCUT2D eigenvalue weighted by molar-refractivity contribution is 9.10. The number of aromatic amines is 1. The summed E-state index contributed by atoms with van der Waals surface area (Å²) < 4.78 is 0.973. The average Bonchev–Trinajstić information content (AvgIpc) is 3.12. The fourth-order valence-electron chi connectivity index (χ4n) is 4.84. The first kappa shape index (κ1) is 19.3. The van der Waals surface area contributed by atoms with E-state index in [1.165, 1.54) is 0 Å². The highest BCUT2D eigenvalue weighted by atomic mass is 79.9. The summed E-state index contributed by atoms with van der Waals surface area (Å²) in [6.07, 6.45) is 0. The molecular formula is C24H23BrN4O. The minimum absolute atomic E-state index is 0.00525. The number of H-pyrrole nitrogens is 1. The molecule has 30 heavy (non-hydrogen) atoms. The second-order valence-electron chi connectivity index (χ2n) is 8.84. The third-order valence-electron chi connectivity index (χ3n) is 6.63. The third kappa shape index (κ3) is 2.73. The van der Waals surface area contributed by atoms with Gasteiger partial charge in [-0.2, -0.15) is 5.26 Å². The fourth-order valence-corrected chi connectivity index (χ4v) is 5.20. The van der Waals surface area contributed by atoms with Crippen LogP contribution in [0.3, 0.4) is 0 Å². The van der Waals surface area contributed by atoms with Gasteiger partial charge in [0.05, 0.1) is 16.8 Å². The zero-order valence-corrected chi connectivity index (χ0v) is 18.9. The number of aromatic nitrogens is 1. The van der Waals surface area contributed by atoms with E-state index in [1.54, 1.807) is 0 Å². The van der Waals surface area contributed by atoms with Crippen LogP contribution in [0.15, 0.2) is 34.8 Å². The van der Waals surface area contributed by atoms with Gasteiger partial charge in [0.25, 0.3) is 0 Å². The number of carbonyl (C=O) groups is 1. The Morgan fingerprint density at radius 1 is 1.13 bits per heavy atom. The van der Waals surface area contributed by atoms with Crippen LogP contribution in [0.5, 0.6) is 0 Å². The molecule has 0 spiro atoms. The van der Waals surface area contributed by atoms with Gasteiger partial charge >= 0.3 is 0 Å². The van der Waals surface area contributed by atoms with Crippen molar-refractivity contribution in [2.75, 3.05) is 38.1 Å². The van der Waals surface area contributed by atoms with E-state index in [4.69, 9.17) is 0 Å². The molecule has 1 aliphatic heterocycles. The van der Waals surface area contributed by atoms with E-state index in [-0.39, 0.29) is 11.2 Å². The van der Waals surface area contributed by atoms with Crippen LogP contribution in [0.2, 0.25) is 0 Å². The van der Waals surface area contributed by atoms with Crippen molar-refractivity contribution in [3.63, 3.8) is 0 Å². The average molecular weight is 463 g/mol. The van der Waals surface area contributed by atoms with Crippen LogP contribution >= 0.6 is 15.9 Å². The zero-order chi connectivity index (χ0) is 21.2. The first-order valence-electron chi connectivity index (χ1n) is 10.2. The topological polar surface area (TPSA) is 63.1 Å². The molecule has 152 valence electrons. The van der Waals surface area contributed by atoms with Crippen LogP contribution in [0.25, 0.3) is 10.9 Å². The molecule has 5 rings (SSSR count). The van der Waals surface area contributed by atoms with E-state index < -0.39 is 0 Å². The molecule has 1 aliphatic carbocycles. The number of carbonyl (C=O) groups excluding carboxylic acids is 1. The Kier molecular flexibility index (Phi) is 4.32. The first-order chi connectivity index (χ1) is 14.3. The molecule has 0 amide bonds. The van der Waals surface area contributed by atoms with Gasteiger partial charge in [-0.3, -0.25) is 4.79 Å². The zero-order valence-electron chi connectivity index (χ0n) is 17.3. The van der Waals surface area contributed by atoms with Gasteiger partial charge in [-0.25, -0.2) is 0 Å². The molecule has 1 saturated heterocycles. The number of nitrogens with one attached hydrogen (secondary N) is 1. The van der Waals surface area contributed by atoms with Gasteiger partial charge in [0.1, 0.15) is 6.07 Å². The van der Waals surface area contributed by atoms with Crippen LogP contribution in [-0.4, -0.2) is 48.9 Å². The lowest BCUT2D eigenvalue weighted by molar-refractivity contribution is 0.103. The highest BCUT2D eigenvalue weighted by Gasteiger charge is 2.40. The van der Waals surface area contributed by atoms with Crippen LogP contribution in [0, 0.1) is 11.3 Å². The second-order valence-corrected chi connectivity index (χ2v) is 9.75. The van der Waals surface area contributed by atoms with E-state index in [0.717, 1.165) is 64.1 Å². The lowest BCUT2D eigenvalue weighted by atomic mass is 9.70. The highest BCUT2D eigenvalue weighted by Crippen LogP contribution is 2.45. The first-order valence-corrected chi connectivity index (χ1v) is 11.0. The minimum Gasteiger partial charge on any atom is -0.368 e. The van der Waals surface area contributed by atoms with Crippen molar-refractivity contribution >= 4 is 38.3 Å². The molecule has 2 aliphatic rings. The van der Waals surface area contributed by atoms with Gasteiger partial charge in [0.2, 0.25) is 0 Å². The summed E-state index contributed by atoms with van der Waals surface area (Å²) in [6.45, 7) is 7.99. The molecule has 5 nitrogen and oxygen atoms in total. The molecule has 1 fully saturated rings. The second kappa shape index (κ2) is 6.69. The number of fused-ring (bicyclic) bond motifs is 4. The Labute approximate surface area is 184 Å². The number of hydrogen-bond acceptors (Lipinski definition) is 4. The number of nitriles is 1. The van der Waals surface area contributed by atoms with Crippen LogP contribution in [0.1, 0.15) is 46.6 Å². The van der Waals surface area contributed by atoms with Crippen molar-refractivity contribution in [3.05, 3.63) is 62.8 Å². The number of nitrogens with zero attached hydrogens (tertiary/aromatic N) is 3. The number of halogens is 1. The van der Waals surface area contributed by atoms with Gasteiger partial charge in [0, 0.05) is 58.2 Å². The predicted octanol–water partition coefficient (Wildman–Crippen LogP) is 4.42. The SMILES string of the molecule is CN1CCN(c2cc3c(cc2C#N)C(=O)c2c([nH]c4cc(Br)ccc24)C3(C)C)CC1. The van der Waals surface area contributed by atoms with Crippen LogP contribution < -0.4 is 4.90 Å². The van der Waals surface area contributed by atoms with Crippen molar-refractivity contribution in [3.8, 4) is 6.07 Å². The summed E-state index contributed by atoms with van der Waals surface area (Å²) >= 11 is 3.52. The third-order valence-corrected chi connectivity index (χ3v) is 7.12. The number of piperazine rings is 1. The Morgan fingerprint density at radius 3 is 2.57 bits per heavy atom. The van der Waals surface area contributed by atoms with Crippen LogP contribution in [0.4, 0.5) is 5.69 Å². The molecule has 6 heteroatoms. The molecule has 0 radical (unpaired) electrons. The Hall–Kier alpha value is -2.62. The molecule has 2 aromatic carbocycles. The fraction of sp³-hybridized carbons (Fsp3) is 0.333. The van der Waals surface area contributed by atoms with Gasteiger partial charge in [-0.1, -0.05) is 35.8 Å². The predicted molar refractivity (Wildman–Crippen MR) is 122 cm³/mol. The lowest BCUT2D eigenvalue weighted by Gasteiger charge is -2.37. The number of anilines is 1. The summed E-state index contributed by atoms with van der Waals surface area (Å²) in [5.74, 6) is -0.00525. The summed E-state index contributed by atoms with van der Waals surface area (Å²) in [5, 5.41) is 10.8. The van der Waals surface area contributed by atoms with E-state index >= 15 is 0 Å². The standard InChI is InChI=1S/C24H23BrN4O/c1-24(2)18-12-20(29-8-6-28(3)7-9-29)14(13-26)10-17(18)22(30)21-16-5-4-15(25)11-19(16)27-23(21)24/h4-5,10-12,27H,6-9H2,1-3H3. The number of hydrogen-bond donors (Lipinski definition) is 1. The van der Waals surface area contributed by atoms with Crippen molar-refractivity contribution in [1.29, 1.82) is 5.26 Å². The van der Waals surface area contributed by atoms with E-state index in [2.05, 4.69) is 63.7 Å². The van der Waals surface area contributed by atoms with Gasteiger partial charge in [-0.05, 0) is 36.9 Å². The Bertz CT molecular complexity index is 1240. The smallest absolute Gasteiger partial charge is 0.195 e. The number of rotatable bonds is 1. The molecule has 3 aromatic rings. The molecule has 0 bridgehead atoms. The molecule has 1 N–H and O–H groups in total. The van der Waals surface area contributed by atoms with Crippen molar-refractivity contribution < 1.29 is 4.79 Å². The summed E-state index contributed by atoms with van der Waals surface area (Å²) in [5.41, 5.74) is 5.39. The quantitative estimate of drug-likeness (QED) is 0.580. The molecular weight excluding hydrogens is 440 g/mol. The Morgan fingerprint density at radius 2 is 1.87 bits per heavy atom. The summed E-state index contributed by atoms with van der Waals surface area (Å²) in [4.78, 5) is 21.7. The van der Waals surface area contributed by atoms with Gasteiger partial charge in [0.15, 0.2) is 5.78 Å². The van der Waals surface area contributed by atoms with Gasteiger partial charge < -0.3 is 14.8 Å². The minimum atomic E-state index is -0.376. The molecule has 0 saturated carbocycles. The lowest BCUT2D eigenvalue weighted by Crippen LogP contribution is -2.45. The summed E-state index contributed by atoms with van der Waals surface area (Å²) in [7, 11) is 2.12. The summed E-state index contributed by atoms with van der Waals surface area (Å²) in [6, 6.07) is 12.2. The molecule has 2 heterocycles. The maximum Gasteiger partial charge on any atom is 0.195 e. The van der Waals surface area contributed by atoms with Gasteiger partial charge in [-0.15, -0.1) is 0 Å². The van der Waals surface area contributed by atoms with E-state index in [1.807, 2.05) is 24.3 Å². The monoisotopic (exact) mass is 462 g/mol. The normalized spacial score (nSPS) is 18.2. The molecule has 0 unspecified atom stereocenters. The van der Waals surface area contributed by atoms with Crippen molar-refractivity contribution in [2.45, 2.75) is 19.3 Å². The van der Waals surface area contributed by atoms with E-state index in [0.29, 0.717) is 11.1 Å². The number of ketones is 1. The van der Waals surface area contributed by atoms with Crippen LogP contribution in [-0.2, 0) is 5.41 Å². The largest absolute Gasteiger partial charge is 0.368 e. The van der Waals surface area contributed by atoms with Crippen molar-refractivity contribution in [1.82, 2.24) is 9.88 Å². The maximum absolute atomic E-state index is 13.6. The Balaban J connectivity index is 1.72. The number of likely N-dealkylation sites (N-methyl/N-ethyl adjacent to an activating group) is 1. The van der Waals surface area contributed by atoms with Crippen molar-refractivity contribution in [2.24, 2.45) is 0 Å². The number of benzene rings is 2. The van der Waals surface area contributed by atoms with E-state index in [9.17, 15) is 10.1 Å². The maximum atomic E-state index is 13.6. The molecule has 1 aromatic heterocycles. The molecule has 0 atom stereocenters.